The maximum absolute atomic E-state index is 15.6. The molecule has 26 heteroatoms. The molecule has 93 heavy (non-hydrogen) atoms. The average molecular weight is 1320 g/mol. The van der Waals surface area contributed by atoms with Crippen LogP contribution in [0.1, 0.15) is 154 Å². The number of amides is 1. The Balaban J connectivity index is 0.902. The number of Topliss-reactive ketones (excluding diaryl/α,β-unsaturated/α-hetero) is 1. The second-order valence-corrected chi connectivity index (χ2v) is 28.6. The molecule has 30 atom stereocenters. The summed E-state index contributed by atoms with van der Waals surface area (Å²) < 4.78 is 81.7. The van der Waals surface area contributed by atoms with Crippen molar-refractivity contribution in [1.29, 1.82) is 0 Å². The average Bonchev–Trinajstić information content (AvgIpc) is 1.68. The van der Waals surface area contributed by atoms with Gasteiger partial charge in [0.1, 0.15) is 29.8 Å². The van der Waals surface area contributed by atoms with Gasteiger partial charge in [0, 0.05) is 68.6 Å². The van der Waals surface area contributed by atoms with Gasteiger partial charge in [-0.05, 0) is 111 Å². The summed E-state index contributed by atoms with van der Waals surface area (Å²) in [6, 6.07) is -1.05. The van der Waals surface area contributed by atoms with Crippen LogP contribution in [-0.2, 0) is 80.8 Å². The first kappa shape index (κ1) is 71.4. The van der Waals surface area contributed by atoms with E-state index in [0.29, 0.717) is 44.0 Å². The van der Waals surface area contributed by atoms with E-state index in [4.69, 9.17) is 61.6 Å². The summed E-state index contributed by atoms with van der Waals surface area (Å²) >= 11 is 0. The fourth-order valence-electron chi connectivity index (χ4n) is 17.3. The van der Waals surface area contributed by atoms with E-state index in [0.717, 1.165) is 5.57 Å². The summed E-state index contributed by atoms with van der Waals surface area (Å²) in [6.07, 6.45) is -4.61. The van der Waals surface area contributed by atoms with Crippen LogP contribution in [0.2, 0.25) is 0 Å². The number of fused-ring (bicyclic) bond motifs is 4. The predicted molar refractivity (Wildman–Crippen MR) is 325 cm³/mol. The van der Waals surface area contributed by atoms with Gasteiger partial charge in [-0.3, -0.25) is 14.8 Å². The first-order valence-corrected chi connectivity index (χ1v) is 33.4. The van der Waals surface area contributed by atoms with E-state index in [-0.39, 0.29) is 55.6 Å². The van der Waals surface area contributed by atoms with Crippen molar-refractivity contribution in [3.8, 4) is 0 Å². The van der Waals surface area contributed by atoms with Gasteiger partial charge in [-0.25, -0.2) is 9.59 Å². The van der Waals surface area contributed by atoms with Gasteiger partial charge in [0.05, 0.1) is 91.8 Å². The highest BCUT2D eigenvalue weighted by molar-refractivity contribution is 6.26. The molecule has 1 amide bonds. The van der Waals surface area contributed by atoms with Crippen molar-refractivity contribution >= 4 is 30.1 Å². The van der Waals surface area contributed by atoms with Gasteiger partial charge in [-0.1, -0.05) is 50.6 Å². The standard InChI is InChI=1S/C67H99N2O24/c1-30-14-18-47(88-54-28-65(11,69(79)80)60(38(9)86-54)68-64(78)81-13)31(2)23-43-45(73)24-40(29-70)27-67(43)62(76)55(63(77)93-67)61(75)66(12)42(30)16-15-41-56(66)32(3)22-33(4)57(41)92-53-26-49(59(37(8)85-53)87-39(10)71)90-50-21-19-48(35(6)83-50)89-52-25-46(74)58(36(7)84-52)91-51-20-17-44(72)34(5)82-51/h14-16,23,29,32-38,40-54,56-60,72-75,79H,17-22,24-28H2,1-13H3,(H,68,78)/q-1/b30-14+,31-23+,61-55?/t32-,33+,34-,35-,36-,37-,38+,40-,41-,42-,43-,44+,45+,46-,47-,48+,49+,50+,51+,52+,53+,54+,56-,57-,58-,59-,60-,65+,66-,67-/m0/s1. The Labute approximate surface area is 543 Å². The lowest BCUT2D eigenvalue weighted by atomic mass is 9.49. The number of aliphatic hydroxyl groups is 4. The van der Waals surface area contributed by atoms with Crippen molar-refractivity contribution < 1.29 is 111 Å². The van der Waals surface area contributed by atoms with Gasteiger partial charge in [0.25, 0.3) is 0 Å². The largest absolute Gasteiger partial charge is 0.762 e. The molecule has 4 aliphatic carbocycles. The smallest absolute Gasteiger partial charge is 0.407 e. The minimum atomic E-state index is -2.12. The molecule has 26 nitrogen and oxygen atoms in total. The highest BCUT2D eigenvalue weighted by Gasteiger charge is 2.66. The second kappa shape index (κ2) is 28.6. The summed E-state index contributed by atoms with van der Waals surface area (Å²) in [5.41, 5.74) is -4.60. The number of nitrogens with zero attached hydrogens (tertiary/aromatic N) is 1. The lowest BCUT2D eigenvalue weighted by molar-refractivity contribution is -0.331. The summed E-state index contributed by atoms with van der Waals surface area (Å²) in [6.45, 7) is 21.2. The second-order valence-electron chi connectivity index (χ2n) is 28.6. The molecule has 0 unspecified atom stereocenters. The quantitative estimate of drug-likeness (QED) is 0.0275. The summed E-state index contributed by atoms with van der Waals surface area (Å²) in [4.78, 5) is 68.2. The number of ether oxygens (including phenoxy) is 13. The maximum Gasteiger partial charge on any atom is 0.407 e. The van der Waals surface area contributed by atoms with Crippen LogP contribution in [0.25, 0.3) is 0 Å². The molecule has 6 heterocycles. The Kier molecular flexibility index (Phi) is 22.0. The molecule has 8 fully saturated rings. The van der Waals surface area contributed by atoms with E-state index in [1.807, 2.05) is 39.8 Å². The van der Waals surface area contributed by atoms with Crippen molar-refractivity contribution in [2.45, 2.75) is 288 Å². The van der Waals surface area contributed by atoms with Crippen molar-refractivity contribution in [3.63, 3.8) is 0 Å². The van der Waals surface area contributed by atoms with E-state index in [1.54, 1.807) is 33.8 Å². The maximum atomic E-state index is 15.6. The molecule has 522 valence electrons. The monoisotopic (exact) mass is 1320 g/mol. The fourth-order valence-corrected chi connectivity index (χ4v) is 17.3. The third kappa shape index (κ3) is 14.2. The number of aldehydes is 1. The molecule has 2 saturated carbocycles. The Bertz CT molecular complexity index is 2840. The fraction of sp³-hybridized carbons (Fsp3) is 0.806. The number of aliphatic hydroxyl groups excluding tert-OH is 4. The molecule has 2 bridgehead atoms. The number of ketones is 1. The minimum absolute atomic E-state index is 0.0607. The topological polar surface area (TPSA) is 345 Å². The third-order valence-corrected chi connectivity index (χ3v) is 22.1. The van der Waals surface area contributed by atoms with Gasteiger partial charge in [0.15, 0.2) is 43.2 Å². The van der Waals surface area contributed by atoms with Crippen LogP contribution in [0, 0.1) is 52.0 Å². The molecule has 10 rings (SSSR count). The molecular formula is C67H99N2O24-. The highest BCUT2D eigenvalue weighted by Crippen LogP contribution is 2.61. The SMILES string of the molecule is COC(=O)N[C@H]1[C@@H](C)O[C@H](O[C@H]2C/C=C(\C)[C@@H]3C=C[C@@H]4[C@@H](O[C@@H]5C[C@@H](O[C@@H]6CC[C@@H](O[C@@H]7C[C@H](O)[C@@H](O[C@@H]8CC[C@@H](O)[C@H](C)O8)[C@H](C)O7)[C@H](C)O6)[C@@H](OC(C)=O)[C@H](C)O5)[C@H](C)C[C@H](C)[C@@H]4[C@@]3(C)C(O)=C3C(=O)O[C@]4(C[C@@H](C=O)C[C@@H](O)[C@@H]4/C=C/2C)C3=O)C[C@@]1(C)N([O-])O. The van der Waals surface area contributed by atoms with Crippen LogP contribution in [0.3, 0.4) is 0 Å². The number of allylic oxidation sites excluding steroid dienone is 3. The Morgan fingerprint density at radius 3 is 1.99 bits per heavy atom. The van der Waals surface area contributed by atoms with Gasteiger partial charge in [0.2, 0.25) is 5.78 Å². The first-order valence-electron chi connectivity index (χ1n) is 33.4. The van der Waals surface area contributed by atoms with E-state index in [1.165, 1.54) is 21.0 Å². The number of methoxy groups -OCH3 is 1. The molecular weight excluding hydrogens is 1220 g/mol. The van der Waals surface area contributed by atoms with Gasteiger partial charge < -0.3 is 103 Å². The first-order chi connectivity index (χ1) is 43.9. The number of rotatable bonds is 14. The van der Waals surface area contributed by atoms with Crippen LogP contribution in [0.4, 0.5) is 4.79 Å². The van der Waals surface area contributed by atoms with E-state index in [9.17, 15) is 50.0 Å². The van der Waals surface area contributed by atoms with Crippen LogP contribution >= 0.6 is 0 Å². The molecule has 0 aromatic carbocycles. The minimum Gasteiger partial charge on any atom is -0.762 e. The number of nitrogens with one attached hydrogen (secondary N) is 1. The summed E-state index contributed by atoms with van der Waals surface area (Å²) in [5, 5.41) is 72.6. The molecule has 1 spiro atoms. The number of hydrogen-bond donors (Lipinski definition) is 6. The Morgan fingerprint density at radius 1 is 0.699 bits per heavy atom. The number of alkyl carbamates (subject to hydrolysis) is 1. The number of carbonyl (C=O) groups excluding carboxylic acids is 5. The normalized spacial score (nSPS) is 48.4. The molecule has 6 N–H and O–H groups in total. The van der Waals surface area contributed by atoms with Crippen LogP contribution in [-0.4, -0.2) is 202 Å². The number of hydrogen-bond acceptors (Lipinski definition) is 25. The molecule has 6 aliphatic heterocycles. The number of hydroxylamine groups is 2. The van der Waals surface area contributed by atoms with Gasteiger partial charge in [-0.15, -0.1) is 0 Å². The molecule has 6 saturated heterocycles. The van der Waals surface area contributed by atoms with E-state index in [2.05, 4.69) is 25.2 Å². The lowest BCUT2D eigenvalue weighted by Gasteiger charge is -2.56. The molecule has 0 aromatic heterocycles. The lowest BCUT2D eigenvalue weighted by Crippen LogP contribution is -2.67. The van der Waals surface area contributed by atoms with E-state index < -0.39 is 204 Å². The molecule has 10 aliphatic rings. The molecule has 0 aromatic rings. The zero-order chi connectivity index (χ0) is 67.5. The summed E-state index contributed by atoms with van der Waals surface area (Å²) in [7, 11) is 1.17. The van der Waals surface area contributed by atoms with Crippen LogP contribution in [0.5, 0.6) is 0 Å². The van der Waals surface area contributed by atoms with Crippen molar-refractivity contribution in [3.05, 3.63) is 52.0 Å². The van der Waals surface area contributed by atoms with Crippen molar-refractivity contribution in [2.75, 3.05) is 7.11 Å². The third-order valence-electron chi connectivity index (χ3n) is 22.1. The van der Waals surface area contributed by atoms with Crippen LogP contribution < -0.4 is 5.32 Å². The van der Waals surface area contributed by atoms with E-state index >= 15 is 4.79 Å². The van der Waals surface area contributed by atoms with Crippen molar-refractivity contribution in [1.82, 2.24) is 10.5 Å². The zero-order valence-electron chi connectivity index (χ0n) is 55.7. The highest BCUT2D eigenvalue weighted by atomic mass is 16.8. The van der Waals surface area contributed by atoms with Gasteiger partial charge in [-0.2, -0.15) is 0 Å². The number of esters is 2. The van der Waals surface area contributed by atoms with Crippen molar-refractivity contribution in [2.24, 2.45) is 46.8 Å². The number of carbonyl (C=O) groups is 5. The Morgan fingerprint density at radius 2 is 1.33 bits per heavy atom. The van der Waals surface area contributed by atoms with Gasteiger partial charge >= 0.3 is 18.0 Å². The predicted octanol–water partition coefficient (Wildman–Crippen LogP) is 6.35. The zero-order valence-corrected chi connectivity index (χ0v) is 55.7. The molecule has 0 radical (unpaired) electrons. The van der Waals surface area contributed by atoms with Crippen LogP contribution in [0.15, 0.2) is 46.8 Å². The summed E-state index contributed by atoms with van der Waals surface area (Å²) in [5.74, 6) is -7.09. The Hall–Kier alpha value is -4.33.